The fraction of sp³-hybridized carbons (Fsp3) is 0.284. The number of hydrogen-bond acceptors (Lipinski definition) is 11. The number of ether oxygens (including phenoxy) is 2. The SMILES string of the molecule is Cc1c(-c2cccc(OC(C)(F)F)c2)[nH]c2c(=O)n(CCCO)c(=O)n(C)c12.Cn1c(=O)n(CCCO)c(=O)c2c1c(-c1cccc(Cl)c1)cn2Cc1ccc(Cl)cc1.Cn1c(=O)n(CCCO)c(=O)c2c1cc(-c1cccc(OC(C)(F)F)c1)n2Cc1ccc(Cl)cc1. The van der Waals surface area contributed by atoms with Gasteiger partial charge < -0.3 is 38.9 Å². The zero-order chi connectivity index (χ0) is 68.1. The summed E-state index contributed by atoms with van der Waals surface area (Å²) in [4.78, 5) is 81.0. The second-order valence-corrected chi connectivity index (χ2v) is 23.6. The molecule has 0 radical (unpaired) electrons. The molecule has 20 nitrogen and oxygen atoms in total. The van der Waals surface area contributed by atoms with Crippen molar-refractivity contribution in [3.63, 3.8) is 0 Å². The molecule has 6 aromatic heterocycles. The minimum absolute atomic E-state index is 0.0164. The molecule has 0 aliphatic heterocycles. The predicted molar refractivity (Wildman–Crippen MR) is 355 cm³/mol. The van der Waals surface area contributed by atoms with Gasteiger partial charge in [-0.15, -0.1) is 0 Å². The Morgan fingerprint density at radius 1 is 0.489 bits per heavy atom. The van der Waals surface area contributed by atoms with Crippen LogP contribution >= 0.6 is 34.8 Å². The van der Waals surface area contributed by atoms with Crippen molar-refractivity contribution < 1.29 is 42.4 Å². The summed E-state index contributed by atoms with van der Waals surface area (Å²) in [5, 5.41) is 29.2. The van der Waals surface area contributed by atoms with Gasteiger partial charge in [-0.05, 0) is 115 Å². The molecule has 27 heteroatoms. The van der Waals surface area contributed by atoms with Gasteiger partial charge in [0.2, 0.25) is 0 Å². The third-order valence-electron chi connectivity index (χ3n) is 15.4. The van der Waals surface area contributed by atoms with Crippen molar-refractivity contribution >= 4 is 67.9 Å². The van der Waals surface area contributed by atoms with Gasteiger partial charge in [0, 0.05) is 125 Å². The van der Waals surface area contributed by atoms with Crippen LogP contribution in [0.2, 0.25) is 15.1 Å². The van der Waals surface area contributed by atoms with E-state index in [1.807, 2.05) is 53.2 Å². The number of nitrogens with zero attached hydrogens (tertiary/aromatic N) is 8. The highest BCUT2D eigenvalue weighted by Gasteiger charge is 2.27. The number of aliphatic hydroxyl groups is 3. The summed E-state index contributed by atoms with van der Waals surface area (Å²) in [5.41, 5.74) is 5.72. The number of aliphatic hydroxyl groups excluding tert-OH is 3. The Morgan fingerprint density at radius 2 is 0.947 bits per heavy atom. The molecule has 0 aliphatic carbocycles. The molecule has 0 fully saturated rings. The molecule has 6 heterocycles. The van der Waals surface area contributed by atoms with E-state index in [-0.39, 0.29) is 86.9 Å². The standard InChI is InChI=1S/C25H24ClF2N3O4.C23H21Cl2N3O3.C19H21F2N3O4/c1-25(27,28)35-19-6-3-5-17(13-19)20-14-21-22(31(20)15-16-7-9-18(26)10-8-16)23(33)30(11-4-12-32)24(34)29(21)2;1-26-20-19(16-4-2-5-18(25)12-16)14-27(13-15-6-8-17(24)9-7-15)21(20)22(30)28(23(26)31)10-3-11-29;1-11-14(12-6-4-7-13(10-12)28-19(2,20)21)22-15-16(11)23(3)18(27)24(17(15)26)8-5-9-25/h3,5-10,13-14,32H,4,11-12,15H2,1-2H3;2,4-9,12,14,29H,3,10-11,13H2,1H3;4,6-7,10,22,25H,5,8-9H2,1-3H3. The summed E-state index contributed by atoms with van der Waals surface area (Å²) in [7, 11) is 4.77. The first-order valence-electron chi connectivity index (χ1n) is 29.5. The lowest BCUT2D eigenvalue weighted by Gasteiger charge is -2.15. The monoisotopic (exact) mass is 1350 g/mol. The number of aromatic amines is 1. The first kappa shape index (κ1) is 69.2. The van der Waals surface area contributed by atoms with Crippen LogP contribution in [0, 0.1) is 6.92 Å². The topological polar surface area (TPSA) is 237 Å². The second-order valence-electron chi connectivity index (χ2n) is 22.3. The number of hydrogen-bond donors (Lipinski definition) is 4. The number of nitrogens with one attached hydrogen (secondary N) is 1. The van der Waals surface area contributed by atoms with E-state index < -0.39 is 40.4 Å². The van der Waals surface area contributed by atoms with Gasteiger partial charge >= 0.3 is 29.3 Å². The summed E-state index contributed by atoms with van der Waals surface area (Å²) in [6, 6.07) is 35.8. The van der Waals surface area contributed by atoms with Gasteiger partial charge in [0.15, 0.2) is 0 Å². The molecule has 0 aliphatic rings. The van der Waals surface area contributed by atoms with Gasteiger partial charge in [-0.25, -0.2) is 14.4 Å². The molecule has 0 atom stereocenters. The molecule has 494 valence electrons. The first-order valence-corrected chi connectivity index (χ1v) is 30.7. The minimum atomic E-state index is -3.36. The Bertz CT molecular complexity index is 4980. The molecule has 11 rings (SSSR count). The highest BCUT2D eigenvalue weighted by atomic mass is 35.5. The zero-order valence-electron chi connectivity index (χ0n) is 51.8. The summed E-state index contributed by atoms with van der Waals surface area (Å²) >= 11 is 18.2. The van der Waals surface area contributed by atoms with Gasteiger partial charge in [-0.3, -0.25) is 41.8 Å². The van der Waals surface area contributed by atoms with Crippen molar-refractivity contribution in [2.45, 2.75) is 85.0 Å². The fourth-order valence-corrected chi connectivity index (χ4v) is 11.6. The summed E-state index contributed by atoms with van der Waals surface area (Å²) in [6.07, 6.45) is -3.97. The van der Waals surface area contributed by atoms with Crippen LogP contribution in [0.15, 0.2) is 162 Å². The lowest BCUT2D eigenvalue weighted by molar-refractivity contribution is -0.159. The Morgan fingerprint density at radius 3 is 1.47 bits per heavy atom. The Kier molecular flexibility index (Phi) is 21.3. The zero-order valence-corrected chi connectivity index (χ0v) is 54.1. The maximum absolute atomic E-state index is 13.5. The molecular formula is C67H66Cl3F4N9O11. The number of H-pyrrole nitrogens is 1. The summed E-state index contributed by atoms with van der Waals surface area (Å²) in [6.45, 7) is 3.64. The molecular weight excluding hydrogens is 1290 g/mol. The molecule has 94 heavy (non-hydrogen) atoms. The highest BCUT2D eigenvalue weighted by molar-refractivity contribution is 6.31. The molecule has 0 spiro atoms. The van der Waals surface area contributed by atoms with Gasteiger partial charge in [0.25, 0.3) is 16.7 Å². The number of alkyl halides is 4. The van der Waals surface area contributed by atoms with Crippen molar-refractivity contribution in [2.24, 2.45) is 21.1 Å². The molecule has 0 amide bonds. The van der Waals surface area contributed by atoms with Crippen LogP contribution in [0.5, 0.6) is 11.5 Å². The molecule has 4 N–H and O–H groups in total. The molecule has 11 aromatic rings. The quantitative estimate of drug-likeness (QED) is 0.0524. The van der Waals surface area contributed by atoms with Crippen molar-refractivity contribution in [3.05, 3.63) is 228 Å². The van der Waals surface area contributed by atoms with E-state index in [2.05, 4.69) is 9.72 Å². The van der Waals surface area contributed by atoms with E-state index in [9.17, 15) is 56.5 Å². The maximum Gasteiger partial charge on any atom is 0.394 e. The third-order valence-corrected chi connectivity index (χ3v) is 16.1. The Balaban J connectivity index is 0.000000167. The fourth-order valence-electron chi connectivity index (χ4n) is 11.1. The third kappa shape index (κ3) is 15.2. The van der Waals surface area contributed by atoms with Crippen LogP contribution in [-0.4, -0.2) is 88.9 Å². The summed E-state index contributed by atoms with van der Waals surface area (Å²) < 4.78 is 73.8. The van der Waals surface area contributed by atoms with Crippen LogP contribution in [0.3, 0.4) is 0 Å². The molecule has 0 bridgehead atoms. The Hall–Kier alpha value is -9.17. The van der Waals surface area contributed by atoms with E-state index in [1.54, 1.807) is 93.3 Å². The number of aryl methyl sites for hydroxylation is 4. The minimum Gasteiger partial charge on any atom is -0.433 e. The lowest BCUT2D eigenvalue weighted by atomic mass is 10.1. The van der Waals surface area contributed by atoms with Crippen molar-refractivity contribution in [1.29, 1.82) is 0 Å². The average Bonchev–Trinajstić information content (AvgIpc) is 1.59. The molecule has 0 unspecified atom stereocenters. The van der Waals surface area contributed by atoms with E-state index in [0.717, 1.165) is 31.4 Å². The van der Waals surface area contributed by atoms with E-state index in [4.69, 9.17) is 44.6 Å². The predicted octanol–water partition coefficient (Wildman–Crippen LogP) is 10.5. The first-order chi connectivity index (χ1) is 44.6. The maximum atomic E-state index is 13.5. The van der Waals surface area contributed by atoms with Gasteiger partial charge in [-0.1, -0.05) is 95.5 Å². The van der Waals surface area contributed by atoms with Crippen molar-refractivity contribution in [2.75, 3.05) is 19.8 Å². The van der Waals surface area contributed by atoms with Crippen LogP contribution in [0.25, 0.3) is 66.7 Å². The second kappa shape index (κ2) is 29.0. The van der Waals surface area contributed by atoms with E-state index >= 15 is 0 Å². The van der Waals surface area contributed by atoms with Gasteiger partial charge in [-0.2, -0.15) is 17.6 Å². The largest absolute Gasteiger partial charge is 0.433 e. The number of rotatable bonds is 20. The highest BCUT2D eigenvalue weighted by Crippen LogP contribution is 2.35. The van der Waals surface area contributed by atoms with Crippen LogP contribution in [0.4, 0.5) is 17.6 Å². The average molecular weight is 1360 g/mol. The van der Waals surface area contributed by atoms with Gasteiger partial charge in [0.1, 0.15) is 28.0 Å². The van der Waals surface area contributed by atoms with Crippen molar-refractivity contribution in [1.82, 2.24) is 41.5 Å². The van der Waals surface area contributed by atoms with Crippen LogP contribution in [0.1, 0.15) is 49.8 Å². The van der Waals surface area contributed by atoms with E-state index in [0.29, 0.717) is 92.0 Å². The number of benzene rings is 5. The smallest absolute Gasteiger partial charge is 0.394 e. The van der Waals surface area contributed by atoms with Gasteiger partial charge in [0.05, 0.1) is 27.9 Å². The Labute approximate surface area is 548 Å². The van der Waals surface area contributed by atoms with Crippen molar-refractivity contribution in [3.8, 4) is 45.1 Å². The summed E-state index contributed by atoms with van der Waals surface area (Å²) in [5.74, 6) is -0.0511. The normalized spacial score (nSPS) is 11.7. The number of fused-ring (bicyclic) bond motifs is 3. The molecule has 5 aromatic carbocycles. The number of halogens is 7. The lowest BCUT2D eigenvalue weighted by Crippen LogP contribution is -2.39. The van der Waals surface area contributed by atoms with Crippen LogP contribution < -0.4 is 43.2 Å². The molecule has 0 saturated carbocycles. The number of aromatic nitrogens is 9. The van der Waals surface area contributed by atoms with Crippen LogP contribution in [-0.2, 0) is 53.9 Å². The molecule has 0 saturated heterocycles. The van der Waals surface area contributed by atoms with E-state index in [1.165, 1.54) is 42.5 Å².